The van der Waals surface area contributed by atoms with Crippen molar-refractivity contribution < 1.29 is 4.42 Å². The number of thiophene rings is 2. The number of fused-ring (bicyclic) bond motifs is 32. The van der Waals surface area contributed by atoms with Crippen LogP contribution in [0.2, 0.25) is 0 Å². The zero-order chi connectivity index (χ0) is 86.5. The summed E-state index contributed by atoms with van der Waals surface area (Å²) in [6, 6.07) is 166. The smallest absolute Gasteiger partial charge is 0.159 e. The predicted octanol–water partition coefficient (Wildman–Crippen LogP) is 37.1. The topological polar surface area (TPSA) is 22.9 Å². The fourth-order valence-corrected chi connectivity index (χ4v) is 23.9. The van der Waals surface area contributed by atoms with Crippen LogP contribution in [0.3, 0.4) is 0 Å². The first-order valence-electron chi connectivity index (χ1n) is 45.1. The Morgan fingerprint density at radius 3 is 1.05 bits per heavy atom. The Balaban J connectivity index is 0.000000103. The predicted molar refractivity (Wildman–Crippen MR) is 567 cm³/mol. The molecule has 0 aliphatic heterocycles. The van der Waals surface area contributed by atoms with E-state index in [4.69, 9.17) is 4.42 Å². The van der Waals surface area contributed by atoms with Crippen molar-refractivity contribution in [2.45, 2.75) is 19.3 Å². The molecule has 0 unspecified atom stereocenters. The van der Waals surface area contributed by atoms with Gasteiger partial charge in [-0.3, -0.25) is 0 Å². The molecule has 0 fully saturated rings. The SMILES string of the molecule is CC1(C)c2ccccc2-c2c1ccc1c2ccc2ccc3cc(N(c4ccccc4)c4cccc5ccccc45)ccc3c21.c1ccc(N(c2ccc3c(ccc4ccc5c(ccc6sc7ccccc7c65)c43)c2)c2cccc3c2oc2ccccc23)cc1.c1ccc(N(c2ccc3c(ccc4ccc5c(ccc6sc7ccccc7c65)c43)c2)c2cccc3ccccc23)cc1. The summed E-state index contributed by atoms with van der Waals surface area (Å²) in [5, 5.41) is 35.8. The molecule has 27 aromatic rings. The molecule has 28 rings (SSSR count). The number of benzene rings is 24. The van der Waals surface area contributed by atoms with E-state index >= 15 is 0 Å². The van der Waals surface area contributed by atoms with Gasteiger partial charge in [-0.25, -0.2) is 0 Å². The van der Waals surface area contributed by atoms with E-state index in [2.05, 4.69) is 471 Å². The highest BCUT2D eigenvalue weighted by molar-refractivity contribution is 7.26. The number of hydrogen-bond donors (Lipinski definition) is 0. The van der Waals surface area contributed by atoms with Gasteiger partial charge in [-0.1, -0.05) is 347 Å². The van der Waals surface area contributed by atoms with Crippen molar-refractivity contribution in [3.63, 3.8) is 0 Å². The fourth-order valence-electron chi connectivity index (χ4n) is 21.7. The second-order valence-electron chi connectivity index (χ2n) is 35.2. The molecule has 0 saturated heterocycles. The van der Waals surface area contributed by atoms with Gasteiger partial charge in [0.1, 0.15) is 5.58 Å². The third-order valence-corrected chi connectivity index (χ3v) is 29.9. The van der Waals surface area contributed by atoms with Gasteiger partial charge in [0.25, 0.3) is 0 Å². The summed E-state index contributed by atoms with van der Waals surface area (Å²) in [7, 11) is 0. The molecule has 0 amide bonds. The largest absolute Gasteiger partial charge is 0.454 e. The van der Waals surface area contributed by atoms with Gasteiger partial charge in [-0.2, -0.15) is 0 Å². The number of rotatable bonds is 9. The third-order valence-electron chi connectivity index (χ3n) is 27.6. The minimum absolute atomic E-state index is 0.00869. The van der Waals surface area contributed by atoms with Crippen LogP contribution >= 0.6 is 22.7 Å². The highest BCUT2D eigenvalue weighted by Crippen LogP contribution is 2.55. The Bertz CT molecular complexity index is 9370. The average molecular weight is 1710 g/mol. The molecule has 131 heavy (non-hydrogen) atoms. The molecule has 24 aromatic carbocycles. The molecule has 1 aliphatic carbocycles. The zero-order valence-corrected chi connectivity index (χ0v) is 73.5. The molecule has 0 saturated carbocycles. The van der Waals surface area contributed by atoms with Crippen molar-refractivity contribution >= 4 is 255 Å². The second-order valence-corrected chi connectivity index (χ2v) is 37.4. The van der Waals surface area contributed by atoms with Crippen LogP contribution in [0.15, 0.2) is 459 Å². The Morgan fingerprint density at radius 2 is 0.542 bits per heavy atom. The lowest BCUT2D eigenvalue weighted by molar-refractivity contribution is 0.661. The van der Waals surface area contributed by atoms with Gasteiger partial charge >= 0.3 is 0 Å². The summed E-state index contributed by atoms with van der Waals surface area (Å²) in [6.45, 7) is 4.71. The molecule has 4 nitrogen and oxygen atoms in total. The summed E-state index contributed by atoms with van der Waals surface area (Å²) in [5.74, 6) is 0. The van der Waals surface area contributed by atoms with E-state index in [0.717, 1.165) is 61.8 Å². The van der Waals surface area contributed by atoms with Crippen molar-refractivity contribution in [1.82, 2.24) is 0 Å². The van der Waals surface area contributed by atoms with Crippen LogP contribution in [0.4, 0.5) is 51.2 Å². The maximum absolute atomic E-state index is 6.52. The molecule has 0 radical (unpaired) electrons. The first-order chi connectivity index (χ1) is 64.7. The van der Waals surface area contributed by atoms with E-state index in [1.807, 2.05) is 34.8 Å². The van der Waals surface area contributed by atoms with Crippen LogP contribution in [0, 0.1) is 0 Å². The number of hydrogen-bond acceptors (Lipinski definition) is 6. The highest BCUT2D eigenvalue weighted by Gasteiger charge is 2.37. The van der Waals surface area contributed by atoms with E-state index in [1.165, 1.54) is 192 Å². The molecule has 0 spiro atoms. The van der Waals surface area contributed by atoms with Crippen molar-refractivity contribution in [2.24, 2.45) is 0 Å². The van der Waals surface area contributed by atoms with Crippen LogP contribution in [-0.2, 0) is 5.41 Å². The summed E-state index contributed by atoms with van der Waals surface area (Å²) in [4.78, 5) is 7.09. The molecule has 3 heterocycles. The maximum atomic E-state index is 6.52. The number of furan rings is 1. The highest BCUT2D eigenvalue weighted by atomic mass is 32.1. The summed E-state index contributed by atoms with van der Waals surface area (Å²) in [5.41, 5.74) is 17.5. The lowest BCUT2D eigenvalue weighted by Crippen LogP contribution is -2.14. The second kappa shape index (κ2) is 30.5. The van der Waals surface area contributed by atoms with E-state index in [-0.39, 0.29) is 5.41 Å². The fraction of sp³-hybridized carbons (Fsp3) is 0.0240. The minimum atomic E-state index is -0.00869. The molecule has 0 N–H and O–H groups in total. The first kappa shape index (κ1) is 76.1. The van der Waals surface area contributed by atoms with Crippen molar-refractivity contribution in [1.29, 1.82) is 0 Å². The standard InChI is InChI=1S/C43H31N.C42H25NOS.C40H25NS/c1-43(2)38-17-9-8-16-37(38)42-36-23-21-29-19-20-30-27-32(22-24-34(30)41(29)35(36)25-26-39(42)43)44(31-13-4-3-5-14-31)40-18-10-12-28-11-6-7-15-33(28)40;1-2-9-28(10-3-1)43(36-14-8-13-34-31-11-4-6-15-37(31)44-42(34)36)29-20-22-30-27(25-29)18-17-26-19-21-33-32(40(26)30)23-24-39-41(33)35-12-5-7-16-38(35)45-39;1-2-11-29(12-3-1)41(36-15-8-10-26-9-4-5-13-31(26)36)30-20-22-32-28(25-30)18-17-27-19-21-34-33(39(27)32)23-24-38-40(34)35-14-6-7-16-37(35)42-38/h3-27H,1-2H3;1-25H;1-25H. The van der Waals surface area contributed by atoms with E-state index < -0.39 is 0 Å². The minimum Gasteiger partial charge on any atom is -0.454 e. The van der Waals surface area contributed by atoms with Crippen LogP contribution in [0.5, 0.6) is 0 Å². The molecule has 1 aliphatic rings. The maximum Gasteiger partial charge on any atom is 0.159 e. The lowest BCUT2D eigenvalue weighted by Gasteiger charge is -2.27. The van der Waals surface area contributed by atoms with E-state index in [0.29, 0.717) is 0 Å². The van der Waals surface area contributed by atoms with Gasteiger partial charge in [0.05, 0.1) is 17.1 Å². The van der Waals surface area contributed by atoms with Gasteiger partial charge in [-0.05, 0) is 251 Å². The average Bonchev–Trinajstić information content (AvgIpc) is 1.51. The number of anilines is 9. The molecule has 0 atom stereocenters. The summed E-state index contributed by atoms with van der Waals surface area (Å²) in [6.07, 6.45) is 0. The Kier molecular flexibility index (Phi) is 17.7. The van der Waals surface area contributed by atoms with Gasteiger partial charge in [0.2, 0.25) is 0 Å². The van der Waals surface area contributed by atoms with Gasteiger partial charge in [-0.15, -0.1) is 22.7 Å². The normalized spacial score (nSPS) is 12.4. The van der Waals surface area contributed by atoms with Gasteiger partial charge in [0.15, 0.2) is 5.58 Å². The lowest BCUT2D eigenvalue weighted by atomic mass is 9.82. The number of para-hydroxylation sites is 5. The summed E-state index contributed by atoms with van der Waals surface area (Å²) >= 11 is 3.76. The van der Waals surface area contributed by atoms with Crippen LogP contribution in [0.25, 0.3) is 192 Å². The van der Waals surface area contributed by atoms with Crippen LogP contribution < -0.4 is 14.7 Å². The van der Waals surface area contributed by atoms with Crippen LogP contribution in [-0.4, -0.2) is 0 Å². The molecule has 6 heteroatoms. The van der Waals surface area contributed by atoms with Gasteiger partial charge in [0, 0.05) is 101 Å². The Labute approximate surface area is 764 Å². The number of nitrogens with zero attached hydrogens (tertiary/aromatic N) is 3. The van der Waals surface area contributed by atoms with E-state index in [1.54, 1.807) is 0 Å². The quantitative estimate of drug-likeness (QED) is 0.134. The molecule has 3 aromatic heterocycles. The molecule has 614 valence electrons. The monoisotopic (exact) mass is 1700 g/mol. The summed E-state index contributed by atoms with van der Waals surface area (Å²) < 4.78 is 11.9. The van der Waals surface area contributed by atoms with Crippen molar-refractivity contribution in [3.05, 3.63) is 466 Å². The molecular weight excluding hydrogens is 1620 g/mol. The Morgan fingerprint density at radius 1 is 0.198 bits per heavy atom. The zero-order valence-electron chi connectivity index (χ0n) is 71.9. The van der Waals surface area contributed by atoms with Gasteiger partial charge < -0.3 is 19.1 Å². The van der Waals surface area contributed by atoms with Crippen LogP contribution in [0.1, 0.15) is 25.0 Å². The van der Waals surface area contributed by atoms with Crippen molar-refractivity contribution in [3.8, 4) is 11.1 Å². The van der Waals surface area contributed by atoms with Crippen molar-refractivity contribution in [2.75, 3.05) is 14.7 Å². The third kappa shape index (κ3) is 12.3. The van der Waals surface area contributed by atoms with E-state index in [9.17, 15) is 0 Å². The molecule has 0 bridgehead atoms. The molecular formula is C125H81N3OS2. The first-order valence-corrected chi connectivity index (χ1v) is 46.7. The Hall–Kier alpha value is -16.2.